The third kappa shape index (κ3) is 2.61. The number of rotatable bonds is 1. The zero-order chi connectivity index (χ0) is 15.2. The molecule has 1 aromatic heterocycles. The number of carbonyl (C=O) groups is 1. The molecule has 0 radical (unpaired) electrons. The molecule has 1 aliphatic heterocycles. The van der Waals surface area contributed by atoms with Crippen LogP contribution in [0.3, 0.4) is 0 Å². The van der Waals surface area contributed by atoms with Gasteiger partial charge in [-0.25, -0.2) is 4.98 Å². The minimum Gasteiger partial charge on any atom is -0.483 e. The Labute approximate surface area is 123 Å². The molecule has 4 nitrogen and oxygen atoms in total. The predicted octanol–water partition coefficient (Wildman–Crippen LogP) is 3.65. The van der Waals surface area contributed by atoms with Crippen LogP contribution in [0.4, 0.5) is 0 Å². The van der Waals surface area contributed by atoms with E-state index in [-0.39, 0.29) is 11.6 Å². The van der Waals surface area contributed by atoms with Crippen molar-refractivity contribution in [2.75, 3.05) is 0 Å². The van der Waals surface area contributed by atoms with Crippen molar-refractivity contribution in [2.24, 2.45) is 0 Å². The molecular weight excluding hydrogens is 266 g/mol. The maximum absolute atomic E-state index is 11.1. The lowest BCUT2D eigenvalue weighted by atomic mass is 10.00. The summed E-state index contributed by atoms with van der Waals surface area (Å²) >= 11 is 0. The Morgan fingerprint density at radius 2 is 2.05 bits per heavy atom. The Morgan fingerprint density at radius 1 is 1.29 bits per heavy atom. The smallest absolute Gasteiger partial charge is 0.309 e. The van der Waals surface area contributed by atoms with E-state index >= 15 is 0 Å². The molecule has 1 aliphatic rings. The van der Waals surface area contributed by atoms with Gasteiger partial charge in [0.15, 0.2) is 0 Å². The molecule has 0 amide bonds. The van der Waals surface area contributed by atoms with Crippen LogP contribution in [-0.4, -0.2) is 16.6 Å². The van der Waals surface area contributed by atoms with Crippen LogP contribution in [0.25, 0.3) is 17.0 Å². The highest BCUT2D eigenvalue weighted by molar-refractivity contribution is 5.88. The first kappa shape index (κ1) is 13.6. The zero-order valence-corrected chi connectivity index (χ0v) is 12.6. The summed E-state index contributed by atoms with van der Waals surface area (Å²) in [6.07, 6.45) is 4.05. The molecule has 0 spiro atoms. The van der Waals surface area contributed by atoms with Gasteiger partial charge in [-0.3, -0.25) is 4.79 Å². The number of nitrogens with zero attached hydrogens (tertiary/aromatic N) is 1. The van der Waals surface area contributed by atoms with Crippen LogP contribution in [0, 0.1) is 6.92 Å². The van der Waals surface area contributed by atoms with E-state index in [1.54, 1.807) is 6.07 Å². The summed E-state index contributed by atoms with van der Waals surface area (Å²) in [6, 6.07) is 5.71. The van der Waals surface area contributed by atoms with Gasteiger partial charge in [0.05, 0.1) is 5.52 Å². The van der Waals surface area contributed by atoms with E-state index in [2.05, 4.69) is 4.98 Å². The van der Waals surface area contributed by atoms with Crippen molar-refractivity contribution in [1.29, 1.82) is 0 Å². The topological polar surface area (TPSA) is 48.4 Å². The van der Waals surface area contributed by atoms with Gasteiger partial charge in [0.2, 0.25) is 5.88 Å². The Balaban J connectivity index is 2.16. The molecule has 0 saturated carbocycles. The molecule has 108 valence electrons. The number of benzene rings is 1. The fraction of sp³-hybridized carbons (Fsp3) is 0.294. The average Bonchev–Trinajstić information content (AvgIpc) is 2.35. The van der Waals surface area contributed by atoms with E-state index in [9.17, 15) is 4.79 Å². The average molecular weight is 283 g/mol. The third-order valence-corrected chi connectivity index (χ3v) is 3.41. The standard InChI is InChI=1S/C17H17NO3/c1-10-7-16(20-11(2)19)18-14-8-12-5-6-17(3,4)21-15(12)9-13(10)14/h5-9H,1-4H3. The van der Waals surface area contributed by atoms with Gasteiger partial charge in [-0.1, -0.05) is 6.08 Å². The summed E-state index contributed by atoms with van der Waals surface area (Å²) in [5.74, 6) is 0.804. The Hall–Kier alpha value is -2.36. The van der Waals surface area contributed by atoms with E-state index in [1.165, 1.54) is 6.92 Å². The molecule has 0 unspecified atom stereocenters. The van der Waals surface area contributed by atoms with E-state index in [4.69, 9.17) is 9.47 Å². The third-order valence-electron chi connectivity index (χ3n) is 3.41. The van der Waals surface area contributed by atoms with Crippen molar-refractivity contribution in [3.8, 4) is 11.6 Å². The lowest BCUT2D eigenvalue weighted by molar-refractivity contribution is -0.132. The summed E-state index contributed by atoms with van der Waals surface area (Å²) in [7, 11) is 0. The minimum atomic E-state index is -0.371. The lowest BCUT2D eigenvalue weighted by Gasteiger charge is -2.28. The van der Waals surface area contributed by atoms with Crippen molar-refractivity contribution >= 4 is 22.9 Å². The second-order valence-electron chi connectivity index (χ2n) is 5.82. The number of aromatic nitrogens is 1. The largest absolute Gasteiger partial charge is 0.483 e. The molecule has 4 heteroatoms. The van der Waals surface area contributed by atoms with Gasteiger partial charge in [-0.15, -0.1) is 0 Å². The van der Waals surface area contributed by atoms with Crippen LogP contribution in [0.15, 0.2) is 24.3 Å². The number of aryl methyl sites for hydroxylation is 1. The number of hydrogen-bond donors (Lipinski definition) is 0. The first-order valence-electron chi connectivity index (χ1n) is 6.86. The molecule has 0 bridgehead atoms. The highest BCUT2D eigenvalue weighted by Gasteiger charge is 2.22. The second-order valence-corrected chi connectivity index (χ2v) is 5.82. The number of carbonyl (C=O) groups excluding carboxylic acids is 1. The van der Waals surface area contributed by atoms with Crippen LogP contribution < -0.4 is 9.47 Å². The molecular formula is C17H17NO3. The zero-order valence-electron chi connectivity index (χ0n) is 12.6. The van der Waals surface area contributed by atoms with Gasteiger partial charge in [0.25, 0.3) is 0 Å². The molecule has 0 aliphatic carbocycles. The van der Waals surface area contributed by atoms with Crippen LogP contribution in [0.1, 0.15) is 31.9 Å². The number of pyridine rings is 1. The molecule has 1 aromatic carbocycles. The van der Waals surface area contributed by atoms with Crippen molar-refractivity contribution in [1.82, 2.24) is 4.98 Å². The number of hydrogen-bond acceptors (Lipinski definition) is 4. The van der Waals surface area contributed by atoms with Crippen molar-refractivity contribution in [3.63, 3.8) is 0 Å². The number of fused-ring (bicyclic) bond motifs is 2. The Morgan fingerprint density at radius 3 is 2.76 bits per heavy atom. The van der Waals surface area contributed by atoms with Crippen molar-refractivity contribution in [2.45, 2.75) is 33.3 Å². The van der Waals surface area contributed by atoms with E-state index in [1.807, 2.05) is 45.1 Å². The van der Waals surface area contributed by atoms with Gasteiger partial charge in [-0.2, -0.15) is 0 Å². The van der Waals surface area contributed by atoms with Crippen LogP contribution >= 0.6 is 0 Å². The Kier molecular flexibility index (Phi) is 2.97. The van der Waals surface area contributed by atoms with E-state index in [0.717, 1.165) is 27.8 Å². The highest BCUT2D eigenvalue weighted by atomic mass is 16.5. The summed E-state index contributed by atoms with van der Waals surface area (Å²) in [5, 5.41) is 0.996. The summed E-state index contributed by atoms with van der Waals surface area (Å²) < 4.78 is 11.1. The molecule has 2 aromatic rings. The number of ether oxygens (including phenoxy) is 2. The van der Waals surface area contributed by atoms with Crippen LogP contribution in [0.2, 0.25) is 0 Å². The minimum absolute atomic E-state index is 0.306. The summed E-state index contributed by atoms with van der Waals surface area (Å²) in [6.45, 7) is 7.37. The fourth-order valence-corrected chi connectivity index (χ4v) is 2.43. The van der Waals surface area contributed by atoms with Crippen LogP contribution in [0.5, 0.6) is 11.6 Å². The van der Waals surface area contributed by atoms with Crippen molar-refractivity contribution in [3.05, 3.63) is 35.4 Å². The molecule has 0 saturated heterocycles. The predicted molar refractivity (Wildman–Crippen MR) is 81.5 cm³/mol. The maximum atomic E-state index is 11.1. The van der Waals surface area contributed by atoms with Gasteiger partial charge < -0.3 is 9.47 Å². The molecule has 2 heterocycles. The van der Waals surface area contributed by atoms with Crippen molar-refractivity contribution < 1.29 is 14.3 Å². The normalized spacial score (nSPS) is 15.4. The quantitative estimate of drug-likeness (QED) is 0.749. The molecule has 0 atom stereocenters. The Bertz CT molecular complexity index is 775. The van der Waals surface area contributed by atoms with Gasteiger partial charge in [0.1, 0.15) is 11.4 Å². The molecule has 3 rings (SSSR count). The van der Waals surface area contributed by atoms with Gasteiger partial charge >= 0.3 is 5.97 Å². The van der Waals surface area contributed by atoms with E-state index < -0.39 is 0 Å². The molecule has 21 heavy (non-hydrogen) atoms. The lowest BCUT2D eigenvalue weighted by Crippen LogP contribution is -2.27. The first-order chi connectivity index (χ1) is 9.84. The number of esters is 1. The monoisotopic (exact) mass is 283 g/mol. The van der Waals surface area contributed by atoms with E-state index in [0.29, 0.717) is 5.88 Å². The van der Waals surface area contributed by atoms with Gasteiger partial charge in [0, 0.05) is 23.9 Å². The molecule has 0 fully saturated rings. The molecule has 0 N–H and O–H groups in total. The highest BCUT2D eigenvalue weighted by Crippen LogP contribution is 2.35. The van der Waals surface area contributed by atoms with Crippen LogP contribution in [-0.2, 0) is 4.79 Å². The van der Waals surface area contributed by atoms with Gasteiger partial charge in [-0.05, 0) is 44.5 Å². The summed E-state index contributed by atoms with van der Waals surface area (Å²) in [5.41, 5.74) is 2.46. The summed E-state index contributed by atoms with van der Waals surface area (Å²) in [4.78, 5) is 15.5. The SMILES string of the molecule is CC(=O)Oc1cc(C)c2cc3c(cc2n1)C=CC(C)(C)O3. The maximum Gasteiger partial charge on any atom is 0.309 e. The first-order valence-corrected chi connectivity index (χ1v) is 6.86. The fourth-order valence-electron chi connectivity index (χ4n) is 2.43. The second kappa shape index (κ2) is 4.58.